The van der Waals surface area contributed by atoms with E-state index in [2.05, 4.69) is 15.9 Å². The highest BCUT2D eigenvalue weighted by atomic mass is 79.9. The number of halogens is 1. The molecule has 112 valence electrons. The van der Waals surface area contributed by atoms with E-state index in [4.69, 9.17) is 10.5 Å². The molecule has 1 saturated heterocycles. The van der Waals surface area contributed by atoms with Gasteiger partial charge in [-0.15, -0.1) is 0 Å². The molecule has 1 aliphatic rings. The summed E-state index contributed by atoms with van der Waals surface area (Å²) in [5, 5.41) is 0. The van der Waals surface area contributed by atoms with Gasteiger partial charge in [0, 0.05) is 29.2 Å². The number of hydrogen-bond acceptors (Lipinski definition) is 4. The number of benzene rings is 1. The third kappa shape index (κ3) is 3.00. The van der Waals surface area contributed by atoms with Crippen LogP contribution in [0.15, 0.2) is 27.6 Å². The van der Waals surface area contributed by atoms with Crippen LogP contribution in [-0.4, -0.2) is 38.5 Å². The Bertz CT molecular complexity index is 591. The second-order valence-corrected chi connectivity index (χ2v) is 7.76. The summed E-state index contributed by atoms with van der Waals surface area (Å²) in [6, 6.07) is 4.93. The minimum atomic E-state index is -3.55. The monoisotopic (exact) mass is 362 g/mol. The van der Waals surface area contributed by atoms with Gasteiger partial charge in [0.05, 0.1) is 7.11 Å². The second kappa shape index (κ2) is 6.01. The van der Waals surface area contributed by atoms with Crippen LogP contribution in [0.1, 0.15) is 19.8 Å². The highest BCUT2D eigenvalue weighted by Gasteiger charge is 2.34. The summed E-state index contributed by atoms with van der Waals surface area (Å²) in [6.45, 7) is 2.35. The highest BCUT2D eigenvalue weighted by Crippen LogP contribution is 2.31. The summed E-state index contributed by atoms with van der Waals surface area (Å²) >= 11 is 3.31. The van der Waals surface area contributed by atoms with Crippen LogP contribution in [-0.2, 0) is 10.0 Å². The fourth-order valence-electron chi connectivity index (χ4n) is 2.48. The van der Waals surface area contributed by atoms with Crippen molar-refractivity contribution in [1.82, 2.24) is 4.31 Å². The number of methoxy groups -OCH3 is 1. The van der Waals surface area contributed by atoms with Gasteiger partial charge in [0.15, 0.2) is 0 Å². The molecule has 1 heterocycles. The minimum absolute atomic E-state index is 0.0743. The molecule has 2 rings (SSSR count). The van der Waals surface area contributed by atoms with Crippen molar-refractivity contribution >= 4 is 26.0 Å². The molecule has 1 aromatic rings. The van der Waals surface area contributed by atoms with Gasteiger partial charge in [-0.2, -0.15) is 4.31 Å². The molecule has 0 aromatic heterocycles. The maximum atomic E-state index is 12.8. The first kappa shape index (κ1) is 15.8. The van der Waals surface area contributed by atoms with Crippen molar-refractivity contribution in [1.29, 1.82) is 0 Å². The minimum Gasteiger partial charge on any atom is -0.497 e. The fraction of sp³-hybridized carbons (Fsp3) is 0.538. The number of sulfonamides is 1. The van der Waals surface area contributed by atoms with E-state index < -0.39 is 10.0 Å². The number of nitrogens with zero attached hydrogens (tertiary/aromatic N) is 1. The van der Waals surface area contributed by atoms with E-state index >= 15 is 0 Å². The quantitative estimate of drug-likeness (QED) is 0.891. The molecule has 0 unspecified atom stereocenters. The number of nitrogens with two attached hydrogens (primary N) is 1. The van der Waals surface area contributed by atoms with Gasteiger partial charge in [-0.25, -0.2) is 8.42 Å². The molecule has 0 spiro atoms. The summed E-state index contributed by atoms with van der Waals surface area (Å²) in [7, 11) is -2.03. The van der Waals surface area contributed by atoms with Gasteiger partial charge < -0.3 is 10.5 Å². The Labute approximate surface area is 128 Å². The fourth-order valence-corrected chi connectivity index (χ4v) is 5.08. The third-order valence-corrected chi connectivity index (χ3v) is 6.59. The van der Waals surface area contributed by atoms with Gasteiger partial charge in [-0.1, -0.05) is 0 Å². The van der Waals surface area contributed by atoms with Crippen LogP contribution in [0.3, 0.4) is 0 Å². The predicted octanol–water partition coefficient (Wildman–Crippen LogP) is 1.96. The molecule has 0 bridgehead atoms. The SMILES string of the molecule is COc1ccc(Br)c(S(=O)(=O)N2CC[C@@H](N)C[C@H]2C)c1. The van der Waals surface area contributed by atoms with E-state index in [1.165, 1.54) is 11.4 Å². The first-order valence-electron chi connectivity index (χ1n) is 6.47. The van der Waals surface area contributed by atoms with Crippen LogP contribution in [0.4, 0.5) is 0 Å². The van der Waals surface area contributed by atoms with Gasteiger partial charge in [-0.05, 0) is 47.8 Å². The molecule has 0 amide bonds. The normalized spacial score (nSPS) is 24.6. The molecule has 20 heavy (non-hydrogen) atoms. The van der Waals surface area contributed by atoms with E-state index in [1.807, 2.05) is 6.92 Å². The molecule has 2 N–H and O–H groups in total. The molecule has 7 heteroatoms. The van der Waals surface area contributed by atoms with Gasteiger partial charge in [0.1, 0.15) is 10.6 Å². The molecule has 1 aromatic carbocycles. The summed E-state index contributed by atoms with van der Waals surface area (Å²) in [5.41, 5.74) is 5.89. The zero-order valence-corrected chi connectivity index (χ0v) is 13.9. The van der Waals surface area contributed by atoms with Crippen molar-refractivity contribution in [3.63, 3.8) is 0 Å². The standard InChI is InChI=1S/C13H19BrN2O3S/c1-9-7-10(15)5-6-16(9)20(17,18)13-8-11(19-2)3-4-12(13)14/h3-4,8-10H,5-7,15H2,1-2H3/t9-,10-/m1/s1. The Balaban J connectivity index is 2.40. The smallest absolute Gasteiger partial charge is 0.244 e. The van der Waals surface area contributed by atoms with Gasteiger partial charge >= 0.3 is 0 Å². The average Bonchev–Trinajstić information content (AvgIpc) is 2.38. The Hall–Kier alpha value is -0.630. The Morgan fingerprint density at radius 3 is 2.75 bits per heavy atom. The lowest BCUT2D eigenvalue weighted by atomic mass is 10.0. The van der Waals surface area contributed by atoms with Crippen LogP contribution < -0.4 is 10.5 Å². The topological polar surface area (TPSA) is 72.6 Å². The van der Waals surface area contributed by atoms with Gasteiger partial charge in [-0.3, -0.25) is 0 Å². The van der Waals surface area contributed by atoms with Gasteiger partial charge in [0.2, 0.25) is 10.0 Å². The summed E-state index contributed by atoms with van der Waals surface area (Å²) in [5.74, 6) is 0.521. The lowest BCUT2D eigenvalue weighted by molar-refractivity contribution is 0.247. The summed E-state index contributed by atoms with van der Waals surface area (Å²) in [6.07, 6.45) is 1.37. The second-order valence-electron chi connectivity index (χ2n) is 5.05. The lowest BCUT2D eigenvalue weighted by Crippen LogP contribution is -2.48. The van der Waals surface area contributed by atoms with Crippen LogP contribution in [0.2, 0.25) is 0 Å². The molecule has 0 radical (unpaired) electrons. The Morgan fingerprint density at radius 2 is 2.15 bits per heavy atom. The number of piperidine rings is 1. The van der Waals surface area contributed by atoms with Crippen molar-refractivity contribution < 1.29 is 13.2 Å². The van der Waals surface area contributed by atoms with Crippen molar-refractivity contribution in [2.75, 3.05) is 13.7 Å². The summed E-state index contributed by atoms with van der Waals surface area (Å²) in [4.78, 5) is 0.235. The number of ether oxygens (including phenoxy) is 1. The van der Waals surface area contributed by atoms with Gasteiger partial charge in [0.25, 0.3) is 0 Å². The molecular formula is C13H19BrN2O3S. The average molecular weight is 363 g/mol. The molecular weight excluding hydrogens is 344 g/mol. The van der Waals surface area contributed by atoms with E-state index in [1.54, 1.807) is 18.2 Å². The van der Waals surface area contributed by atoms with Crippen LogP contribution in [0.25, 0.3) is 0 Å². The first-order chi connectivity index (χ1) is 9.36. The van der Waals surface area contributed by atoms with Crippen molar-refractivity contribution in [3.8, 4) is 5.75 Å². The highest BCUT2D eigenvalue weighted by molar-refractivity contribution is 9.10. The molecule has 1 fully saturated rings. The van der Waals surface area contributed by atoms with Crippen molar-refractivity contribution in [3.05, 3.63) is 22.7 Å². The van der Waals surface area contributed by atoms with Crippen molar-refractivity contribution in [2.45, 2.75) is 36.7 Å². The Morgan fingerprint density at radius 1 is 1.45 bits per heavy atom. The summed E-state index contributed by atoms with van der Waals surface area (Å²) < 4.78 is 32.8. The van der Waals surface area contributed by atoms with Crippen LogP contribution >= 0.6 is 15.9 Å². The van der Waals surface area contributed by atoms with E-state index in [-0.39, 0.29) is 17.0 Å². The molecule has 0 saturated carbocycles. The zero-order valence-electron chi connectivity index (χ0n) is 11.5. The van der Waals surface area contributed by atoms with Crippen molar-refractivity contribution in [2.24, 2.45) is 5.73 Å². The molecule has 5 nitrogen and oxygen atoms in total. The van der Waals surface area contributed by atoms with E-state index in [0.717, 1.165) is 0 Å². The molecule has 1 aliphatic heterocycles. The lowest BCUT2D eigenvalue weighted by Gasteiger charge is -2.35. The van der Waals surface area contributed by atoms with E-state index in [9.17, 15) is 8.42 Å². The molecule has 2 atom stereocenters. The maximum absolute atomic E-state index is 12.8. The molecule has 0 aliphatic carbocycles. The number of rotatable bonds is 3. The predicted molar refractivity (Wildman–Crippen MR) is 81.3 cm³/mol. The van der Waals surface area contributed by atoms with E-state index in [0.29, 0.717) is 29.6 Å². The first-order valence-corrected chi connectivity index (χ1v) is 8.70. The zero-order chi connectivity index (χ0) is 14.9. The van der Waals surface area contributed by atoms with Crippen LogP contribution in [0.5, 0.6) is 5.75 Å². The Kier molecular flexibility index (Phi) is 4.73. The number of hydrogen-bond donors (Lipinski definition) is 1. The maximum Gasteiger partial charge on any atom is 0.244 e. The van der Waals surface area contributed by atoms with Crippen LogP contribution in [0, 0.1) is 0 Å². The largest absolute Gasteiger partial charge is 0.497 e. The third-order valence-electron chi connectivity index (χ3n) is 3.58.